The van der Waals surface area contributed by atoms with Crippen LogP contribution in [-0.2, 0) is 0 Å². The van der Waals surface area contributed by atoms with E-state index in [0.717, 1.165) is 22.8 Å². The molecule has 1 aliphatic carbocycles. The predicted molar refractivity (Wildman–Crippen MR) is 63.5 cm³/mol. The summed E-state index contributed by atoms with van der Waals surface area (Å²) in [6.07, 6.45) is 4.17. The number of nitrogens with zero attached hydrogens (tertiary/aromatic N) is 3. The maximum Gasteiger partial charge on any atom is 0.159 e. The van der Waals surface area contributed by atoms with Crippen molar-refractivity contribution in [2.45, 2.75) is 12.8 Å². The van der Waals surface area contributed by atoms with E-state index in [9.17, 15) is 0 Å². The lowest BCUT2D eigenvalue weighted by Crippen LogP contribution is -2.22. The number of aromatic nitrogens is 2. The molecule has 6 heteroatoms. The molecule has 1 aromatic heterocycles. The molecular formula is C9H14BrN5. The molecule has 1 fully saturated rings. The predicted octanol–water partition coefficient (Wildman–Crippen LogP) is 1.37. The third-order valence-electron chi connectivity index (χ3n) is 2.50. The fourth-order valence-electron chi connectivity index (χ4n) is 1.50. The SMILES string of the molecule is CN(CC1CC1)c1ncnc(NN)c1Br. The number of rotatable bonds is 4. The summed E-state index contributed by atoms with van der Waals surface area (Å²) in [4.78, 5) is 10.4. The van der Waals surface area contributed by atoms with Crippen LogP contribution in [-0.4, -0.2) is 23.6 Å². The van der Waals surface area contributed by atoms with E-state index in [-0.39, 0.29) is 0 Å². The minimum absolute atomic E-state index is 0.614. The number of halogens is 1. The van der Waals surface area contributed by atoms with Gasteiger partial charge in [0.25, 0.3) is 0 Å². The van der Waals surface area contributed by atoms with Gasteiger partial charge in [-0.05, 0) is 34.7 Å². The van der Waals surface area contributed by atoms with Gasteiger partial charge in [-0.25, -0.2) is 15.8 Å². The molecule has 0 amide bonds. The largest absolute Gasteiger partial charge is 0.358 e. The van der Waals surface area contributed by atoms with Crippen LogP contribution in [0.5, 0.6) is 0 Å². The van der Waals surface area contributed by atoms with Crippen LogP contribution in [0.25, 0.3) is 0 Å². The van der Waals surface area contributed by atoms with Crippen LogP contribution in [0.4, 0.5) is 11.6 Å². The first-order chi connectivity index (χ1) is 7.22. The molecule has 0 aliphatic heterocycles. The van der Waals surface area contributed by atoms with Gasteiger partial charge in [0.15, 0.2) is 5.82 Å². The van der Waals surface area contributed by atoms with Gasteiger partial charge in [0.2, 0.25) is 0 Å². The topological polar surface area (TPSA) is 67.1 Å². The highest BCUT2D eigenvalue weighted by Crippen LogP contribution is 2.33. The van der Waals surface area contributed by atoms with E-state index in [1.807, 2.05) is 7.05 Å². The molecular weight excluding hydrogens is 258 g/mol. The molecule has 1 saturated carbocycles. The second kappa shape index (κ2) is 4.32. The molecule has 0 unspecified atom stereocenters. The summed E-state index contributed by atoms with van der Waals surface area (Å²) in [6.45, 7) is 1.04. The Morgan fingerprint density at radius 3 is 2.93 bits per heavy atom. The number of nitrogen functional groups attached to an aromatic ring is 1. The molecule has 0 radical (unpaired) electrons. The first-order valence-corrected chi connectivity index (χ1v) is 5.70. The first-order valence-electron chi connectivity index (χ1n) is 4.90. The van der Waals surface area contributed by atoms with Gasteiger partial charge in [0.05, 0.1) is 0 Å². The molecule has 0 aromatic carbocycles. The van der Waals surface area contributed by atoms with E-state index in [1.165, 1.54) is 19.2 Å². The number of hydrogen-bond donors (Lipinski definition) is 2. The number of nitrogens with two attached hydrogens (primary N) is 1. The van der Waals surface area contributed by atoms with Gasteiger partial charge < -0.3 is 10.3 Å². The summed E-state index contributed by atoms with van der Waals surface area (Å²) in [5.74, 6) is 7.66. The van der Waals surface area contributed by atoms with Crippen molar-refractivity contribution in [3.63, 3.8) is 0 Å². The Hall–Kier alpha value is -0.880. The highest BCUT2D eigenvalue weighted by Gasteiger charge is 2.24. The quantitative estimate of drug-likeness (QED) is 0.640. The zero-order valence-electron chi connectivity index (χ0n) is 8.57. The highest BCUT2D eigenvalue weighted by atomic mass is 79.9. The van der Waals surface area contributed by atoms with Crippen LogP contribution in [0.3, 0.4) is 0 Å². The normalized spacial score (nSPS) is 15.1. The van der Waals surface area contributed by atoms with Crippen LogP contribution in [0.15, 0.2) is 10.8 Å². The molecule has 1 aromatic rings. The van der Waals surface area contributed by atoms with Crippen molar-refractivity contribution in [3.05, 3.63) is 10.8 Å². The van der Waals surface area contributed by atoms with Crippen LogP contribution >= 0.6 is 15.9 Å². The first kappa shape index (κ1) is 10.6. The fourth-order valence-corrected chi connectivity index (χ4v) is 2.12. The second-order valence-electron chi connectivity index (χ2n) is 3.83. The van der Waals surface area contributed by atoms with E-state index >= 15 is 0 Å². The van der Waals surface area contributed by atoms with Crippen LogP contribution in [0.1, 0.15) is 12.8 Å². The second-order valence-corrected chi connectivity index (χ2v) is 4.62. The average molecular weight is 272 g/mol. The number of anilines is 2. The van der Waals surface area contributed by atoms with Gasteiger partial charge in [-0.15, -0.1) is 0 Å². The van der Waals surface area contributed by atoms with Crippen molar-refractivity contribution in [1.82, 2.24) is 9.97 Å². The fraction of sp³-hybridized carbons (Fsp3) is 0.556. The Bertz CT molecular complexity index is 352. The third-order valence-corrected chi connectivity index (χ3v) is 3.23. The summed E-state index contributed by atoms with van der Waals surface area (Å²) < 4.78 is 0.815. The molecule has 1 aliphatic rings. The number of hydrazine groups is 1. The summed E-state index contributed by atoms with van der Waals surface area (Å²) in [6, 6.07) is 0. The van der Waals surface area contributed by atoms with E-state index in [0.29, 0.717) is 5.82 Å². The van der Waals surface area contributed by atoms with Crippen molar-refractivity contribution in [1.29, 1.82) is 0 Å². The Morgan fingerprint density at radius 2 is 2.33 bits per heavy atom. The average Bonchev–Trinajstić information content (AvgIpc) is 3.02. The Balaban J connectivity index is 2.17. The minimum Gasteiger partial charge on any atom is -0.358 e. The summed E-state index contributed by atoms with van der Waals surface area (Å²) in [5.41, 5.74) is 2.53. The van der Waals surface area contributed by atoms with Crippen LogP contribution in [0, 0.1) is 5.92 Å². The van der Waals surface area contributed by atoms with E-state index in [2.05, 4.69) is 36.2 Å². The molecule has 82 valence electrons. The van der Waals surface area contributed by atoms with Crippen LogP contribution < -0.4 is 16.2 Å². The van der Waals surface area contributed by atoms with Crippen molar-refractivity contribution in [2.75, 3.05) is 23.9 Å². The van der Waals surface area contributed by atoms with Gasteiger partial charge in [-0.2, -0.15) is 0 Å². The van der Waals surface area contributed by atoms with E-state index < -0.39 is 0 Å². The summed E-state index contributed by atoms with van der Waals surface area (Å²) >= 11 is 3.44. The zero-order chi connectivity index (χ0) is 10.8. The zero-order valence-corrected chi connectivity index (χ0v) is 10.2. The van der Waals surface area contributed by atoms with Gasteiger partial charge in [0, 0.05) is 13.6 Å². The molecule has 3 N–H and O–H groups in total. The molecule has 0 spiro atoms. The van der Waals surface area contributed by atoms with E-state index in [4.69, 9.17) is 5.84 Å². The minimum atomic E-state index is 0.614. The van der Waals surface area contributed by atoms with Gasteiger partial charge in [0.1, 0.15) is 16.6 Å². The highest BCUT2D eigenvalue weighted by molar-refractivity contribution is 9.10. The van der Waals surface area contributed by atoms with Gasteiger partial charge >= 0.3 is 0 Å². The molecule has 1 heterocycles. The number of nitrogens with one attached hydrogen (secondary N) is 1. The van der Waals surface area contributed by atoms with Crippen molar-refractivity contribution in [3.8, 4) is 0 Å². The van der Waals surface area contributed by atoms with Crippen molar-refractivity contribution < 1.29 is 0 Å². The maximum absolute atomic E-state index is 5.34. The van der Waals surface area contributed by atoms with Crippen molar-refractivity contribution in [2.24, 2.45) is 11.8 Å². The van der Waals surface area contributed by atoms with Gasteiger partial charge in [-0.3, -0.25) is 0 Å². The van der Waals surface area contributed by atoms with Gasteiger partial charge in [-0.1, -0.05) is 0 Å². The lowest BCUT2D eigenvalue weighted by molar-refractivity contribution is 0.773. The summed E-state index contributed by atoms with van der Waals surface area (Å²) in [5, 5.41) is 0. The Labute approximate surface area is 97.2 Å². The van der Waals surface area contributed by atoms with Crippen molar-refractivity contribution >= 4 is 27.6 Å². The molecule has 5 nitrogen and oxygen atoms in total. The molecule has 2 rings (SSSR count). The standard InChI is InChI=1S/C9H14BrN5/c1-15(4-6-2-3-6)9-7(10)8(14-11)12-5-13-9/h5-6H,2-4,11H2,1H3,(H,12,13,14). The number of hydrogen-bond acceptors (Lipinski definition) is 5. The summed E-state index contributed by atoms with van der Waals surface area (Å²) in [7, 11) is 2.03. The molecule has 0 atom stereocenters. The molecule has 0 bridgehead atoms. The maximum atomic E-state index is 5.34. The smallest absolute Gasteiger partial charge is 0.159 e. The monoisotopic (exact) mass is 271 g/mol. The Kier molecular flexibility index (Phi) is 3.06. The third kappa shape index (κ3) is 2.38. The molecule has 15 heavy (non-hydrogen) atoms. The lowest BCUT2D eigenvalue weighted by atomic mass is 10.4. The van der Waals surface area contributed by atoms with E-state index in [1.54, 1.807) is 0 Å². The van der Waals surface area contributed by atoms with Crippen LogP contribution in [0.2, 0.25) is 0 Å². The molecule has 0 saturated heterocycles. The lowest BCUT2D eigenvalue weighted by Gasteiger charge is -2.19. The Morgan fingerprint density at radius 1 is 1.60 bits per heavy atom.